The lowest BCUT2D eigenvalue weighted by atomic mass is 10.1. The molecule has 0 saturated heterocycles. The molecule has 2 nitrogen and oxygen atoms in total. The molecule has 0 spiro atoms. The number of benzene rings is 2. The molecular weight excluding hydrogens is 370 g/mol. The number of halogens is 4. The Morgan fingerprint density at radius 2 is 1.95 bits per heavy atom. The van der Waals surface area contributed by atoms with Crippen molar-refractivity contribution in [3.05, 3.63) is 56.2 Å². The molecule has 1 N–H and O–H groups in total. The standard InChI is InChI=1S/C14H10BrCl2FO2/c1-7(19)8-3-2-4-12(18)14(8)20-13-6-10(16)9(15)5-11(13)17/h2-7,19H,1H3. The van der Waals surface area contributed by atoms with Gasteiger partial charge < -0.3 is 9.84 Å². The Morgan fingerprint density at radius 3 is 2.60 bits per heavy atom. The molecule has 20 heavy (non-hydrogen) atoms. The van der Waals surface area contributed by atoms with Gasteiger partial charge in [0.15, 0.2) is 11.6 Å². The Morgan fingerprint density at radius 1 is 1.25 bits per heavy atom. The van der Waals surface area contributed by atoms with Crippen LogP contribution in [-0.2, 0) is 0 Å². The highest BCUT2D eigenvalue weighted by Crippen LogP contribution is 2.39. The summed E-state index contributed by atoms with van der Waals surface area (Å²) in [4.78, 5) is 0. The first kappa shape index (κ1) is 15.6. The molecule has 1 unspecified atom stereocenters. The van der Waals surface area contributed by atoms with Gasteiger partial charge in [0.05, 0.1) is 16.1 Å². The lowest BCUT2D eigenvalue weighted by molar-refractivity contribution is 0.194. The minimum Gasteiger partial charge on any atom is -0.452 e. The van der Waals surface area contributed by atoms with Crippen molar-refractivity contribution in [1.29, 1.82) is 0 Å². The van der Waals surface area contributed by atoms with Gasteiger partial charge in [-0.15, -0.1) is 0 Å². The van der Waals surface area contributed by atoms with Gasteiger partial charge in [-0.25, -0.2) is 4.39 Å². The Kier molecular flexibility index (Phi) is 4.91. The average Bonchev–Trinajstić information content (AvgIpc) is 2.37. The van der Waals surface area contributed by atoms with Gasteiger partial charge in [-0.2, -0.15) is 0 Å². The molecule has 2 aromatic carbocycles. The van der Waals surface area contributed by atoms with E-state index in [1.165, 1.54) is 25.1 Å². The molecule has 0 aliphatic carbocycles. The highest BCUT2D eigenvalue weighted by Gasteiger charge is 2.17. The normalized spacial score (nSPS) is 12.3. The highest BCUT2D eigenvalue weighted by atomic mass is 79.9. The topological polar surface area (TPSA) is 29.5 Å². The van der Waals surface area contributed by atoms with E-state index in [1.54, 1.807) is 12.1 Å². The van der Waals surface area contributed by atoms with Crippen molar-refractivity contribution in [2.75, 3.05) is 0 Å². The zero-order chi connectivity index (χ0) is 14.9. The number of hydrogen-bond donors (Lipinski definition) is 1. The average molecular weight is 380 g/mol. The smallest absolute Gasteiger partial charge is 0.168 e. The van der Waals surface area contributed by atoms with E-state index in [9.17, 15) is 9.50 Å². The summed E-state index contributed by atoms with van der Waals surface area (Å²) in [6.45, 7) is 1.53. The number of rotatable bonds is 3. The molecule has 0 aliphatic heterocycles. The van der Waals surface area contributed by atoms with Crippen LogP contribution in [0.25, 0.3) is 0 Å². The summed E-state index contributed by atoms with van der Waals surface area (Å²) in [5.74, 6) is -0.437. The third-order valence-electron chi connectivity index (χ3n) is 2.63. The molecule has 0 saturated carbocycles. The molecule has 0 amide bonds. The van der Waals surface area contributed by atoms with Crippen LogP contribution in [0, 0.1) is 5.82 Å². The van der Waals surface area contributed by atoms with Crippen molar-refractivity contribution in [2.24, 2.45) is 0 Å². The first-order valence-corrected chi connectivity index (χ1v) is 7.24. The zero-order valence-corrected chi connectivity index (χ0v) is 13.4. The molecule has 2 aromatic rings. The van der Waals surface area contributed by atoms with E-state index in [0.29, 0.717) is 15.1 Å². The third-order valence-corrected chi connectivity index (χ3v) is 4.13. The van der Waals surface area contributed by atoms with Crippen LogP contribution in [0.1, 0.15) is 18.6 Å². The second-order valence-electron chi connectivity index (χ2n) is 4.13. The summed E-state index contributed by atoms with van der Waals surface area (Å²) < 4.78 is 20.0. The molecule has 106 valence electrons. The quantitative estimate of drug-likeness (QED) is 0.689. The minimum atomic E-state index is -0.870. The summed E-state index contributed by atoms with van der Waals surface area (Å²) in [6.07, 6.45) is -0.870. The molecule has 2 rings (SSSR count). The summed E-state index contributed by atoms with van der Waals surface area (Å²) in [5.41, 5.74) is 0.333. The SMILES string of the molecule is CC(O)c1cccc(F)c1Oc1cc(Cl)c(Br)cc1Cl. The molecule has 0 bridgehead atoms. The van der Waals surface area contributed by atoms with Gasteiger partial charge in [0.25, 0.3) is 0 Å². The van der Waals surface area contributed by atoms with Crippen LogP contribution in [0.5, 0.6) is 11.5 Å². The molecule has 0 aromatic heterocycles. The Labute approximate surface area is 134 Å². The maximum atomic E-state index is 13.9. The van der Waals surface area contributed by atoms with Crippen molar-refractivity contribution in [3.63, 3.8) is 0 Å². The largest absolute Gasteiger partial charge is 0.452 e. The Bertz CT molecular complexity index is 647. The lowest BCUT2D eigenvalue weighted by Crippen LogP contribution is -1.99. The van der Waals surface area contributed by atoms with Gasteiger partial charge in [0.1, 0.15) is 5.75 Å². The van der Waals surface area contributed by atoms with Crippen LogP contribution in [0.4, 0.5) is 4.39 Å². The van der Waals surface area contributed by atoms with Crippen LogP contribution < -0.4 is 4.74 Å². The second kappa shape index (κ2) is 6.31. The Balaban J connectivity index is 2.47. The number of aliphatic hydroxyl groups is 1. The summed E-state index contributed by atoms with van der Waals surface area (Å²) in [7, 11) is 0. The first-order valence-electron chi connectivity index (χ1n) is 5.69. The van der Waals surface area contributed by atoms with Gasteiger partial charge in [-0.3, -0.25) is 0 Å². The van der Waals surface area contributed by atoms with Crippen LogP contribution >= 0.6 is 39.1 Å². The fourth-order valence-corrected chi connectivity index (χ4v) is 2.49. The van der Waals surface area contributed by atoms with E-state index >= 15 is 0 Å². The van der Waals surface area contributed by atoms with Crippen molar-refractivity contribution < 1.29 is 14.2 Å². The highest BCUT2D eigenvalue weighted by molar-refractivity contribution is 9.10. The van der Waals surface area contributed by atoms with E-state index in [-0.39, 0.29) is 16.5 Å². The summed E-state index contributed by atoms with van der Waals surface area (Å²) >= 11 is 15.2. The second-order valence-corrected chi connectivity index (χ2v) is 5.80. The van der Waals surface area contributed by atoms with Gasteiger partial charge in [-0.1, -0.05) is 35.3 Å². The van der Waals surface area contributed by atoms with Crippen LogP contribution in [0.3, 0.4) is 0 Å². The zero-order valence-electron chi connectivity index (χ0n) is 10.3. The number of aliphatic hydroxyl groups excluding tert-OH is 1. The van der Waals surface area contributed by atoms with Crippen molar-refractivity contribution in [1.82, 2.24) is 0 Å². The third kappa shape index (κ3) is 3.26. The first-order chi connectivity index (χ1) is 9.40. The summed E-state index contributed by atoms with van der Waals surface area (Å²) in [5, 5.41) is 10.3. The molecule has 6 heteroatoms. The lowest BCUT2D eigenvalue weighted by Gasteiger charge is -2.15. The van der Waals surface area contributed by atoms with Crippen LogP contribution in [0.2, 0.25) is 10.0 Å². The van der Waals surface area contributed by atoms with Gasteiger partial charge in [0.2, 0.25) is 0 Å². The molecule has 1 atom stereocenters. The molecule has 0 heterocycles. The predicted molar refractivity (Wildman–Crippen MR) is 81.3 cm³/mol. The molecule has 0 aliphatic rings. The van der Waals surface area contributed by atoms with Gasteiger partial charge in [-0.05, 0) is 35.0 Å². The van der Waals surface area contributed by atoms with Crippen molar-refractivity contribution in [3.8, 4) is 11.5 Å². The van der Waals surface area contributed by atoms with Crippen LogP contribution in [0.15, 0.2) is 34.8 Å². The number of ether oxygens (including phenoxy) is 1. The van der Waals surface area contributed by atoms with E-state index in [0.717, 1.165) is 0 Å². The summed E-state index contributed by atoms with van der Waals surface area (Å²) in [6, 6.07) is 7.36. The van der Waals surface area contributed by atoms with Gasteiger partial charge >= 0.3 is 0 Å². The van der Waals surface area contributed by atoms with Gasteiger partial charge in [0, 0.05) is 16.1 Å². The Hall–Kier alpha value is -0.810. The monoisotopic (exact) mass is 378 g/mol. The maximum absolute atomic E-state index is 13.9. The number of para-hydroxylation sites is 1. The predicted octanol–water partition coefficient (Wildman–Crippen LogP) is 5.74. The van der Waals surface area contributed by atoms with Crippen LogP contribution in [-0.4, -0.2) is 5.11 Å². The van der Waals surface area contributed by atoms with Crippen molar-refractivity contribution in [2.45, 2.75) is 13.0 Å². The maximum Gasteiger partial charge on any atom is 0.168 e. The van der Waals surface area contributed by atoms with E-state index < -0.39 is 11.9 Å². The molecule has 0 radical (unpaired) electrons. The van der Waals surface area contributed by atoms with E-state index in [4.69, 9.17) is 27.9 Å². The van der Waals surface area contributed by atoms with Crippen molar-refractivity contribution >= 4 is 39.1 Å². The van der Waals surface area contributed by atoms with E-state index in [2.05, 4.69) is 15.9 Å². The fraction of sp³-hybridized carbons (Fsp3) is 0.143. The number of hydrogen-bond acceptors (Lipinski definition) is 2. The molecule has 0 fully saturated rings. The fourth-order valence-electron chi connectivity index (χ4n) is 1.65. The van der Waals surface area contributed by atoms with E-state index in [1.807, 2.05) is 0 Å². The molecular formula is C14H10BrCl2FO2. The minimum absolute atomic E-state index is 0.0669.